The van der Waals surface area contributed by atoms with Gasteiger partial charge in [0.1, 0.15) is 5.82 Å². The van der Waals surface area contributed by atoms with Crippen molar-refractivity contribution in [2.24, 2.45) is 0 Å². The predicted molar refractivity (Wildman–Crippen MR) is 69.6 cm³/mol. The van der Waals surface area contributed by atoms with Crippen molar-refractivity contribution in [2.45, 2.75) is 38.5 Å². The van der Waals surface area contributed by atoms with Crippen molar-refractivity contribution >= 4 is 5.69 Å². The largest absolute Gasteiger partial charge is 0.396 e. The first-order valence-corrected chi connectivity index (χ1v) is 6.45. The molecule has 0 amide bonds. The standard InChI is InChI=1S/C13H16FN5/c1-7(2)13-16-17-18-19(13)12-6-11(15)10(14)5-9(12)8-3-4-8/h5-8H,3-4,15H2,1-2H3. The third kappa shape index (κ3) is 2.07. The molecule has 1 aliphatic rings. The van der Waals surface area contributed by atoms with Gasteiger partial charge in [-0.15, -0.1) is 5.10 Å². The zero-order chi connectivity index (χ0) is 13.6. The van der Waals surface area contributed by atoms with E-state index < -0.39 is 0 Å². The zero-order valence-corrected chi connectivity index (χ0v) is 11.0. The first kappa shape index (κ1) is 12.1. The molecule has 6 heteroatoms. The van der Waals surface area contributed by atoms with E-state index in [1.807, 2.05) is 13.8 Å². The average Bonchev–Trinajstić information content (AvgIpc) is 3.08. The molecule has 1 fully saturated rings. The summed E-state index contributed by atoms with van der Waals surface area (Å²) >= 11 is 0. The average molecular weight is 261 g/mol. The second-order valence-electron chi connectivity index (χ2n) is 5.31. The Labute approximate surface area is 110 Å². The highest BCUT2D eigenvalue weighted by molar-refractivity contribution is 5.55. The Kier molecular flexibility index (Phi) is 2.73. The van der Waals surface area contributed by atoms with Crippen LogP contribution in [0.1, 0.15) is 49.9 Å². The van der Waals surface area contributed by atoms with Crippen molar-refractivity contribution < 1.29 is 4.39 Å². The van der Waals surface area contributed by atoms with Crippen molar-refractivity contribution in [1.29, 1.82) is 0 Å². The monoisotopic (exact) mass is 261 g/mol. The first-order valence-electron chi connectivity index (χ1n) is 6.45. The molecular weight excluding hydrogens is 245 g/mol. The Morgan fingerprint density at radius 1 is 1.37 bits per heavy atom. The number of hydrogen-bond donors (Lipinski definition) is 1. The van der Waals surface area contributed by atoms with Crippen LogP contribution in [-0.4, -0.2) is 20.2 Å². The van der Waals surface area contributed by atoms with Gasteiger partial charge in [-0.05, 0) is 46.9 Å². The van der Waals surface area contributed by atoms with Gasteiger partial charge in [-0.25, -0.2) is 4.39 Å². The van der Waals surface area contributed by atoms with Crippen molar-refractivity contribution in [1.82, 2.24) is 20.2 Å². The maximum atomic E-state index is 13.7. The molecule has 0 spiro atoms. The van der Waals surface area contributed by atoms with Crippen LogP contribution in [0.4, 0.5) is 10.1 Å². The van der Waals surface area contributed by atoms with Crippen LogP contribution < -0.4 is 5.73 Å². The normalized spacial score (nSPS) is 15.2. The molecule has 1 aromatic carbocycles. The number of nitrogen functional groups attached to an aromatic ring is 1. The van der Waals surface area contributed by atoms with E-state index in [1.54, 1.807) is 10.7 Å². The highest BCUT2D eigenvalue weighted by atomic mass is 19.1. The van der Waals surface area contributed by atoms with Gasteiger partial charge in [0.05, 0.1) is 11.4 Å². The molecule has 0 atom stereocenters. The van der Waals surface area contributed by atoms with Gasteiger partial charge in [-0.3, -0.25) is 0 Å². The topological polar surface area (TPSA) is 69.6 Å². The summed E-state index contributed by atoms with van der Waals surface area (Å²) in [6, 6.07) is 3.15. The Bertz CT molecular complexity index is 615. The van der Waals surface area contributed by atoms with E-state index in [4.69, 9.17) is 5.73 Å². The molecule has 2 N–H and O–H groups in total. The summed E-state index contributed by atoms with van der Waals surface area (Å²) in [5, 5.41) is 11.8. The number of tetrazole rings is 1. The Morgan fingerprint density at radius 2 is 2.11 bits per heavy atom. The number of halogens is 1. The third-order valence-corrected chi connectivity index (χ3v) is 3.40. The Balaban J connectivity index is 2.18. The molecule has 1 aromatic heterocycles. The van der Waals surface area contributed by atoms with Crippen LogP contribution in [0.5, 0.6) is 0 Å². The summed E-state index contributed by atoms with van der Waals surface area (Å²) in [6.45, 7) is 4.04. The van der Waals surface area contributed by atoms with Gasteiger partial charge >= 0.3 is 0 Å². The molecule has 5 nitrogen and oxygen atoms in total. The minimum Gasteiger partial charge on any atom is -0.396 e. The summed E-state index contributed by atoms with van der Waals surface area (Å²) < 4.78 is 15.3. The third-order valence-electron chi connectivity index (χ3n) is 3.40. The van der Waals surface area contributed by atoms with E-state index in [9.17, 15) is 4.39 Å². The van der Waals surface area contributed by atoms with Gasteiger partial charge in [0, 0.05) is 5.92 Å². The molecule has 100 valence electrons. The second kappa shape index (κ2) is 4.29. The lowest BCUT2D eigenvalue weighted by Gasteiger charge is -2.13. The van der Waals surface area contributed by atoms with Gasteiger partial charge in [0.25, 0.3) is 0 Å². The minimum absolute atomic E-state index is 0.129. The summed E-state index contributed by atoms with van der Waals surface area (Å²) in [4.78, 5) is 0. The lowest BCUT2D eigenvalue weighted by Crippen LogP contribution is -2.09. The SMILES string of the molecule is CC(C)c1nnnn1-c1cc(N)c(F)cc1C1CC1. The number of nitrogens with zero attached hydrogens (tertiary/aromatic N) is 4. The van der Waals surface area contributed by atoms with Crippen molar-refractivity contribution in [3.63, 3.8) is 0 Å². The number of anilines is 1. The summed E-state index contributed by atoms with van der Waals surface area (Å²) in [7, 11) is 0. The molecule has 0 unspecified atom stereocenters. The van der Waals surface area contributed by atoms with Gasteiger partial charge in [-0.2, -0.15) is 4.68 Å². The molecule has 1 heterocycles. The van der Waals surface area contributed by atoms with Crippen LogP contribution in [0, 0.1) is 5.82 Å². The molecule has 0 radical (unpaired) electrons. The molecule has 1 aliphatic carbocycles. The molecular formula is C13H16FN5. The molecule has 2 aromatic rings. The molecule has 1 saturated carbocycles. The van der Waals surface area contributed by atoms with E-state index in [0.717, 1.165) is 29.9 Å². The number of hydrogen-bond acceptors (Lipinski definition) is 4. The first-order chi connectivity index (χ1) is 9.08. The summed E-state index contributed by atoms with van der Waals surface area (Å²) in [5.41, 5.74) is 7.56. The smallest absolute Gasteiger partial charge is 0.159 e. The molecule has 19 heavy (non-hydrogen) atoms. The van der Waals surface area contributed by atoms with Gasteiger partial charge in [-0.1, -0.05) is 13.8 Å². The molecule has 3 rings (SSSR count). The molecule has 0 aliphatic heterocycles. The van der Waals surface area contributed by atoms with E-state index in [2.05, 4.69) is 15.5 Å². The maximum absolute atomic E-state index is 13.7. The van der Waals surface area contributed by atoms with E-state index >= 15 is 0 Å². The summed E-state index contributed by atoms with van der Waals surface area (Å²) in [6.07, 6.45) is 2.16. The molecule has 0 bridgehead atoms. The van der Waals surface area contributed by atoms with E-state index in [1.165, 1.54) is 6.07 Å². The van der Waals surface area contributed by atoms with E-state index in [-0.39, 0.29) is 17.4 Å². The predicted octanol–water partition coefficient (Wildman–Crippen LogP) is 2.38. The van der Waals surface area contributed by atoms with Crippen molar-refractivity contribution in [3.8, 4) is 5.69 Å². The Morgan fingerprint density at radius 3 is 2.74 bits per heavy atom. The van der Waals surface area contributed by atoms with Crippen molar-refractivity contribution in [2.75, 3.05) is 5.73 Å². The quantitative estimate of drug-likeness (QED) is 0.861. The van der Waals surface area contributed by atoms with Gasteiger partial charge in [0.15, 0.2) is 5.82 Å². The lowest BCUT2D eigenvalue weighted by molar-refractivity contribution is 0.627. The molecule has 0 saturated heterocycles. The summed E-state index contributed by atoms with van der Waals surface area (Å²) in [5.74, 6) is 0.973. The van der Waals surface area contributed by atoms with Gasteiger partial charge in [0.2, 0.25) is 0 Å². The highest BCUT2D eigenvalue weighted by Gasteiger charge is 2.29. The number of rotatable bonds is 3. The van der Waals surface area contributed by atoms with Crippen LogP contribution in [0.3, 0.4) is 0 Å². The lowest BCUT2D eigenvalue weighted by atomic mass is 10.1. The fraction of sp³-hybridized carbons (Fsp3) is 0.462. The van der Waals surface area contributed by atoms with Crippen LogP contribution >= 0.6 is 0 Å². The number of nitrogens with two attached hydrogens (primary N) is 1. The minimum atomic E-state index is -0.371. The van der Waals surface area contributed by atoms with Crippen LogP contribution in [0.25, 0.3) is 5.69 Å². The Hall–Kier alpha value is -1.98. The van der Waals surface area contributed by atoms with Gasteiger partial charge < -0.3 is 5.73 Å². The number of benzene rings is 1. The van der Waals surface area contributed by atoms with Crippen LogP contribution in [0.15, 0.2) is 12.1 Å². The van der Waals surface area contributed by atoms with E-state index in [0.29, 0.717) is 5.92 Å². The highest BCUT2D eigenvalue weighted by Crippen LogP contribution is 2.43. The van der Waals surface area contributed by atoms with Crippen molar-refractivity contribution in [3.05, 3.63) is 29.3 Å². The zero-order valence-electron chi connectivity index (χ0n) is 11.0. The van der Waals surface area contributed by atoms with Crippen LogP contribution in [0.2, 0.25) is 0 Å². The maximum Gasteiger partial charge on any atom is 0.159 e. The fourth-order valence-electron chi connectivity index (χ4n) is 2.22. The van der Waals surface area contributed by atoms with Crippen LogP contribution in [-0.2, 0) is 0 Å². The number of aromatic nitrogens is 4. The fourth-order valence-corrected chi connectivity index (χ4v) is 2.22. The second-order valence-corrected chi connectivity index (χ2v) is 5.31.